The molecule has 2 aromatic carbocycles. The van der Waals surface area contributed by atoms with Gasteiger partial charge >= 0.3 is 6.03 Å². The molecule has 0 radical (unpaired) electrons. The SMILES string of the molecule is O=C(Nc1ccccc1)N1C2CCC1Cn1c(nnc1-c1ccccc1)C2. The number of hydrogen-bond acceptors (Lipinski definition) is 3. The van der Waals surface area contributed by atoms with Gasteiger partial charge in [0, 0.05) is 30.3 Å². The zero-order valence-corrected chi connectivity index (χ0v) is 15.0. The Kier molecular flexibility index (Phi) is 3.89. The van der Waals surface area contributed by atoms with E-state index in [4.69, 9.17) is 0 Å². The lowest BCUT2D eigenvalue weighted by molar-refractivity contribution is 0.185. The number of urea groups is 1. The van der Waals surface area contributed by atoms with E-state index >= 15 is 0 Å². The van der Waals surface area contributed by atoms with Gasteiger partial charge in [-0.3, -0.25) is 0 Å². The van der Waals surface area contributed by atoms with Crippen molar-refractivity contribution in [2.24, 2.45) is 0 Å². The van der Waals surface area contributed by atoms with Crippen LogP contribution < -0.4 is 5.32 Å². The monoisotopic (exact) mass is 359 g/mol. The van der Waals surface area contributed by atoms with Crippen molar-refractivity contribution in [1.82, 2.24) is 19.7 Å². The number of anilines is 1. The largest absolute Gasteiger partial charge is 0.322 e. The Balaban J connectivity index is 1.43. The number of fused-ring (bicyclic) bond motifs is 3. The summed E-state index contributed by atoms with van der Waals surface area (Å²) in [5, 5.41) is 11.9. The van der Waals surface area contributed by atoms with Gasteiger partial charge in [0.05, 0.1) is 6.04 Å². The third-order valence-corrected chi connectivity index (χ3v) is 5.55. The minimum absolute atomic E-state index is 0.0197. The van der Waals surface area contributed by atoms with Gasteiger partial charge in [-0.05, 0) is 25.0 Å². The summed E-state index contributed by atoms with van der Waals surface area (Å²) in [6.45, 7) is 0.741. The number of carbonyl (C=O) groups excluding carboxylic acids is 1. The molecule has 6 heteroatoms. The van der Waals surface area contributed by atoms with E-state index in [0.717, 1.165) is 48.7 Å². The second kappa shape index (κ2) is 6.54. The summed E-state index contributed by atoms with van der Waals surface area (Å²) < 4.78 is 2.20. The molecular weight excluding hydrogens is 338 g/mol. The first-order valence-corrected chi connectivity index (χ1v) is 9.41. The molecule has 3 aromatic rings. The maximum absolute atomic E-state index is 13.0. The van der Waals surface area contributed by atoms with Crippen LogP contribution in [-0.4, -0.2) is 37.8 Å². The van der Waals surface area contributed by atoms with Crippen molar-refractivity contribution < 1.29 is 4.79 Å². The summed E-state index contributed by atoms with van der Waals surface area (Å²) in [7, 11) is 0. The summed E-state index contributed by atoms with van der Waals surface area (Å²) in [4.78, 5) is 15.0. The van der Waals surface area contributed by atoms with Crippen LogP contribution >= 0.6 is 0 Å². The van der Waals surface area contributed by atoms with E-state index in [9.17, 15) is 4.79 Å². The third kappa shape index (κ3) is 2.87. The number of amides is 2. The predicted molar refractivity (Wildman–Crippen MR) is 103 cm³/mol. The molecule has 2 amide bonds. The average molecular weight is 359 g/mol. The second-order valence-corrected chi connectivity index (χ2v) is 7.21. The van der Waals surface area contributed by atoms with E-state index < -0.39 is 0 Å². The molecule has 3 heterocycles. The van der Waals surface area contributed by atoms with Crippen molar-refractivity contribution in [1.29, 1.82) is 0 Å². The van der Waals surface area contributed by atoms with E-state index in [1.54, 1.807) is 0 Å². The highest BCUT2D eigenvalue weighted by Crippen LogP contribution is 2.33. The van der Waals surface area contributed by atoms with Crippen LogP contribution in [-0.2, 0) is 13.0 Å². The standard InChI is InChI=1S/C21H21N5O/c27-21(22-16-9-5-2-6-10-16)26-17-11-12-18(26)14-25-19(13-17)23-24-20(25)15-7-3-1-4-8-15/h1-10,17-18H,11-14H2,(H,22,27). The lowest BCUT2D eigenvalue weighted by Crippen LogP contribution is -2.44. The first kappa shape index (κ1) is 16.1. The zero-order chi connectivity index (χ0) is 18.2. The van der Waals surface area contributed by atoms with Crippen LogP contribution in [0.15, 0.2) is 60.7 Å². The van der Waals surface area contributed by atoms with Crippen molar-refractivity contribution in [3.8, 4) is 11.4 Å². The Morgan fingerprint density at radius 2 is 1.63 bits per heavy atom. The number of nitrogens with one attached hydrogen (secondary N) is 1. The van der Waals surface area contributed by atoms with Crippen LogP contribution in [0.4, 0.5) is 10.5 Å². The maximum atomic E-state index is 13.0. The van der Waals surface area contributed by atoms with Gasteiger partial charge in [0.1, 0.15) is 5.82 Å². The Hall–Kier alpha value is -3.15. The third-order valence-electron chi connectivity index (χ3n) is 5.55. The van der Waals surface area contributed by atoms with E-state index in [2.05, 4.69) is 32.2 Å². The van der Waals surface area contributed by atoms with Crippen LogP contribution in [0.1, 0.15) is 18.7 Å². The maximum Gasteiger partial charge on any atom is 0.322 e. The fraction of sp³-hybridized carbons (Fsp3) is 0.286. The lowest BCUT2D eigenvalue weighted by atomic mass is 10.1. The molecule has 1 aromatic heterocycles. The number of rotatable bonds is 2. The first-order chi connectivity index (χ1) is 13.3. The quantitative estimate of drug-likeness (QED) is 0.761. The topological polar surface area (TPSA) is 63.1 Å². The molecule has 2 aliphatic heterocycles. The summed E-state index contributed by atoms with van der Waals surface area (Å²) in [6, 6.07) is 20.1. The summed E-state index contributed by atoms with van der Waals surface area (Å²) in [6.07, 6.45) is 2.78. The number of nitrogens with zero attached hydrogens (tertiary/aromatic N) is 4. The molecule has 0 saturated carbocycles. The molecule has 0 spiro atoms. The van der Waals surface area contributed by atoms with Gasteiger partial charge in [0.25, 0.3) is 0 Å². The summed E-state index contributed by atoms with van der Waals surface area (Å²) in [5.74, 6) is 1.86. The highest BCUT2D eigenvalue weighted by molar-refractivity contribution is 5.90. The van der Waals surface area contributed by atoms with Crippen molar-refractivity contribution in [3.63, 3.8) is 0 Å². The van der Waals surface area contributed by atoms with Gasteiger partial charge in [0.2, 0.25) is 0 Å². The number of benzene rings is 2. The molecule has 1 saturated heterocycles. The lowest BCUT2D eigenvalue weighted by Gasteiger charge is -2.28. The van der Waals surface area contributed by atoms with Gasteiger partial charge in [-0.2, -0.15) is 0 Å². The van der Waals surface area contributed by atoms with Crippen molar-refractivity contribution in [3.05, 3.63) is 66.5 Å². The van der Waals surface area contributed by atoms with Crippen LogP contribution in [0.3, 0.4) is 0 Å². The fourth-order valence-electron chi connectivity index (χ4n) is 4.28. The van der Waals surface area contributed by atoms with Gasteiger partial charge < -0.3 is 14.8 Å². The average Bonchev–Trinajstić information content (AvgIpc) is 3.23. The molecule has 0 aliphatic carbocycles. The normalized spacial score (nSPS) is 20.8. The molecule has 2 bridgehead atoms. The predicted octanol–water partition coefficient (Wildman–Crippen LogP) is 3.57. The Bertz CT molecular complexity index is 953. The molecule has 27 heavy (non-hydrogen) atoms. The van der Waals surface area contributed by atoms with E-state index in [1.807, 2.05) is 53.4 Å². The molecule has 2 unspecified atom stereocenters. The highest BCUT2D eigenvalue weighted by atomic mass is 16.2. The minimum Gasteiger partial charge on any atom is -0.316 e. The summed E-state index contributed by atoms with van der Waals surface area (Å²) >= 11 is 0. The van der Waals surface area contributed by atoms with E-state index in [1.165, 1.54) is 0 Å². The van der Waals surface area contributed by atoms with Crippen LogP contribution in [0.25, 0.3) is 11.4 Å². The van der Waals surface area contributed by atoms with Gasteiger partial charge in [0.15, 0.2) is 5.82 Å². The summed E-state index contributed by atoms with van der Waals surface area (Å²) in [5.41, 5.74) is 1.89. The van der Waals surface area contributed by atoms with Crippen molar-refractivity contribution in [2.45, 2.75) is 37.9 Å². The second-order valence-electron chi connectivity index (χ2n) is 7.21. The molecule has 1 fully saturated rings. The molecular formula is C21H21N5O. The van der Waals surface area contributed by atoms with E-state index in [-0.39, 0.29) is 18.1 Å². The van der Waals surface area contributed by atoms with Crippen LogP contribution in [0.2, 0.25) is 0 Å². The molecule has 6 nitrogen and oxygen atoms in total. The molecule has 1 N–H and O–H groups in total. The van der Waals surface area contributed by atoms with E-state index in [0.29, 0.717) is 0 Å². The molecule has 2 atom stereocenters. The molecule has 2 aliphatic rings. The molecule has 136 valence electrons. The Morgan fingerprint density at radius 1 is 0.926 bits per heavy atom. The fourth-order valence-corrected chi connectivity index (χ4v) is 4.28. The number of hydrogen-bond donors (Lipinski definition) is 1. The van der Waals surface area contributed by atoms with Gasteiger partial charge in [-0.25, -0.2) is 4.79 Å². The number of carbonyl (C=O) groups is 1. The smallest absolute Gasteiger partial charge is 0.316 e. The number of aromatic nitrogens is 3. The Morgan fingerprint density at radius 3 is 2.41 bits per heavy atom. The minimum atomic E-state index is -0.0197. The van der Waals surface area contributed by atoms with Crippen molar-refractivity contribution >= 4 is 11.7 Å². The Labute approximate surface area is 157 Å². The highest BCUT2D eigenvalue weighted by Gasteiger charge is 2.41. The first-order valence-electron chi connectivity index (χ1n) is 9.41. The number of para-hydroxylation sites is 1. The van der Waals surface area contributed by atoms with Gasteiger partial charge in [-0.1, -0.05) is 48.5 Å². The van der Waals surface area contributed by atoms with Gasteiger partial charge in [-0.15, -0.1) is 10.2 Å². The van der Waals surface area contributed by atoms with Crippen molar-refractivity contribution in [2.75, 3.05) is 5.32 Å². The molecule has 5 rings (SSSR count). The van der Waals surface area contributed by atoms with Crippen LogP contribution in [0, 0.1) is 0 Å². The zero-order valence-electron chi connectivity index (χ0n) is 15.0. The van der Waals surface area contributed by atoms with Crippen LogP contribution in [0.5, 0.6) is 0 Å².